The smallest absolute Gasteiger partial charge is 0.343 e. The van der Waals surface area contributed by atoms with Crippen LogP contribution in [-0.2, 0) is 9.53 Å². The highest BCUT2D eigenvalue weighted by molar-refractivity contribution is 7.99. The number of pyridine rings is 1. The van der Waals surface area contributed by atoms with Crippen LogP contribution in [0.15, 0.2) is 53.1 Å². The summed E-state index contributed by atoms with van der Waals surface area (Å²) >= 11 is 13.1. The SMILES string of the molecule is CCOC(=O)C(=CNC(C)CSc1ccccc1)C(=O)c1cc(F)c(Cl)nc1Cl. The Hall–Kier alpha value is -2.09. The highest BCUT2D eigenvalue weighted by Crippen LogP contribution is 2.23. The summed E-state index contributed by atoms with van der Waals surface area (Å²) in [6.07, 6.45) is 1.26. The fourth-order valence-corrected chi connectivity index (χ4v) is 3.48. The van der Waals surface area contributed by atoms with Crippen molar-refractivity contribution in [2.45, 2.75) is 24.8 Å². The Balaban J connectivity index is 2.17. The third-order valence-electron chi connectivity index (χ3n) is 3.63. The van der Waals surface area contributed by atoms with Crippen molar-refractivity contribution in [2.24, 2.45) is 0 Å². The van der Waals surface area contributed by atoms with Gasteiger partial charge in [-0.15, -0.1) is 11.8 Å². The molecule has 5 nitrogen and oxygen atoms in total. The van der Waals surface area contributed by atoms with Gasteiger partial charge < -0.3 is 10.1 Å². The van der Waals surface area contributed by atoms with Crippen molar-refractivity contribution in [3.8, 4) is 0 Å². The lowest BCUT2D eigenvalue weighted by Gasteiger charge is -2.13. The number of nitrogens with zero attached hydrogens (tertiary/aromatic N) is 1. The number of esters is 1. The number of ether oxygens (including phenoxy) is 1. The first-order valence-corrected chi connectivity index (χ1v) is 10.4. The second-order valence-corrected chi connectivity index (χ2v) is 7.71. The number of hydrogen-bond donors (Lipinski definition) is 1. The number of nitrogens with one attached hydrogen (secondary N) is 1. The van der Waals surface area contributed by atoms with Crippen LogP contribution in [0, 0.1) is 5.82 Å². The summed E-state index contributed by atoms with van der Waals surface area (Å²) in [5, 5.41) is 2.24. The Morgan fingerprint density at radius 1 is 1.28 bits per heavy atom. The molecule has 0 radical (unpaired) electrons. The molecule has 1 aromatic heterocycles. The van der Waals surface area contributed by atoms with Crippen molar-refractivity contribution in [1.82, 2.24) is 10.3 Å². The summed E-state index contributed by atoms with van der Waals surface area (Å²) < 4.78 is 18.7. The lowest BCUT2D eigenvalue weighted by Crippen LogP contribution is -2.27. The second kappa shape index (κ2) is 11.2. The number of aromatic nitrogens is 1. The van der Waals surface area contributed by atoms with Gasteiger partial charge in [0.15, 0.2) is 11.0 Å². The molecule has 1 unspecified atom stereocenters. The zero-order valence-electron chi connectivity index (χ0n) is 15.7. The molecule has 1 atom stereocenters. The van der Waals surface area contributed by atoms with Crippen LogP contribution in [0.2, 0.25) is 10.3 Å². The highest BCUT2D eigenvalue weighted by Gasteiger charge is 2.25. The van der Waals surface area contributed by atoms with Gasteiger partial charge in [0.2, 0.25) is 5.78 Å². The lowest BCUT2D eigenvalue weighted by molar-refractivity contribution is -0.138. The maximum Gasteiger partial charge on any atom is 0.343 e. The number of Topliss-reactive ketones (excluding diaryl/α,β-unsaturated/α-hetero) is 1. The van der Waals surface area contributed by atoms with E-state index in [9.17, 15) is 14.0 Å². The van der Waals surface area contributed by atoms with E-state index in [4.69, 9.17) is 27.9 Å². The van der Waals surface area contributed by atoms with Crippen LogP contribution in [0.5, 0.6) is 0 Å². The Morgan fingerprint density at radius 3 is 2.62 bits per heavy atom. The fraction of sp³-hybridized carbons (Fsp3) is 0.250. The minimum atomic E-state index is -0.914. The molecule has 0 aliphatic heterocycles. The summed E-state index contributed by atoms with van der Waals surface area (Å²) in [4.78, 5) is 29.7. The molecule has 2 rings (SSSR count). The summed E-state index contributed by atoms with van der Waals surface area (Å²) in [6.45, 7) is 3.59. The van der Waals surface area contributed by atoms with Gasteiger partial charge in [-0.05, 0) is 32.0 Å². The van der Waals surface area contributed by atoms with Gasteiger partial charge in [0, 0.05) is 22.9 Å². The molecule has 0 aliphatic rings. The van der Waals surface area contributed by atoms with E-state index in [2.05, 4.69) is 10.3 Å². The van der Waals surface area contributed by atoms with Crippen LogP contribution in [0.4, 0.5) is 4.39 Å². The molecule has 0 saturated heterocycles. The highest BCUT2D eigenvalue weighted by atomic mass is 35.5. The van der Waals surface area contributed by atoms with Crippen LogP contribution < -0.4 is 5.32 Å². The first-order valence-electron chi connectivity index (χ1n) is 8.70. The molecule has 0 bridgehead atoms. The zero-order chi connectivity index (χ0) is 21.4. The normalized spacial score (nSPS) is 12.4. The quantitative estimate of drug-likeness (QED) is 0.110. The minimum absolute atomic E-state index is 0.0732. The second-order valence-electron chi connectivity index (χ2n) is 5.90. The molecule has 0 fully saturated rings. The van der Waals surface area contributed by atoms with Crippen LogP contribution in [0.3, 0.4) is 0 Å². The van der Waals surface area contributed by atoms with Gasteiger partial charge in [-0.2, -0.15) is 0 Å². The van der Waals surface area contributed by atoms with Gasteiger partial charge in [0.25, 0.3) is 0 Å². The van der Waals surface area contributed by atoms with E-state index in [-0.39, 0.29) is 28.9 Å². The third-order valence-corrected chi connectivity index (χ3v) is 5.45. The molecule has 154 valence electrons. The summed E-state index contributed by atoms with van der Waals surface area (Å²) in [5.41, 5.74) is -0.588. The summed E-state index contributed by atoms with van der Waals surface area (Å²) in [6, 6.07) is 10.6. The van der Waals surface area contributed by atoms with Gasteiger partial charge in [0.05, 0.1) is 12.2 Å². The first kappa shape index (κ1) is 23.2. The molecule has 1 N–H and O–H groups in total. The molecule has 0 amide bonds. The average Bonchev–Trinajstić information content (AvgIpc) is 2.70. The van der Waals surface area contributed by atoms with Crippen LogP contribution in [0.25, 0.3) is 0 Å². The number of carbonyl (C=O) groups excluding carboxylic acids is 2. The molecule has 0 spiro atoms. The Morgan fingerprint density at radius 2 is 1.97 bits per heavy atom. The van der Waals surface area contributed by atoms with Crippen LogP contribution >= 0.6 is 35.0 Å². The van der Waals surface area contributed by atoms with E-state index in [1.165, 1.54) is 6.20 Å². The molecule has 9 heteroatoms. The number of rotatable bonds is 9. The molecule has 1 aromatic carbocycles. The van der Waals surface area contributed by atoms with Gasteiger partial charge in [0.1, 0.15) is 10.7 Å². The molecular formula is C20H19Cl2FN2O3S. The molecule has 2 aromatic rings. The van der Waals surface area contributed by atoms with Gasteiger partial charge >= 0.3 is 5.97 Å². The summed E-state index contributed by atoms with van der Waals surface area (Å²) in [5.74, 6) is -1.89. The molecule has 0 aliphatic carbocycles. The minimum Gasteiger partial charge on any atom is -0.462 e. The Bertz CT molecular complexity index is 910. The number of thioether (sulfide) groups is 1. The molecule has 29 heavy (non-hydrogen) atoms. The maximum absolute atomic E-state index is 13.7. The monoisotopic (exact) mass is 456 g/mol. The predicted molar refractivity (Wildman–Crippen MR) is 113 cm³/mol. The van der Waals surface area contributed by atoms with Gasteiger partial charge in [-0.3, -0.25) is 4.79 Å². The Labute approximate surface area is 182 Å². The first-order chi connectivity index (χ1) is 13.8. The number of halogens is 3. The van der Waals surface area contributed by atoms with E-state index in [1.54, 1.807) is 18.7 Å². The van der Waals surface area contributed by atoms with Crippen LogP contribution in [0.1, 0.15) is 24.2 Å². The maximum atomic E-state index is 13.7. The fourth-order valence-electron chi connectivity index (χ4n) is 2.19. The number of ketones is 1. The zero-order valence-corrected chi connectivity index (χ0v) is 18.1. The number of hydrogen-bond acceptors (Lipinski definition) is 6. The summed E-state index contributed by atoms with van der Waals surface area (Å²) in [7, 11) is 0. The predicted octanol–water partition coefficient (Wildman–Crippen LogP) is 4.93. The van der Waals surface area contributed by atoms with Crippen molar-refractivity contribution in [2.75, 3.05) is 12.4 Å². The molecule has 0 saturated carbocycles. The standard InChI is InChI=1S/C20H19Cl2FN2O3S/c1-3-28-20(27)15(17(26)14-9-16(23)19(22)25-18(14)21)10-24-12(2)11-29-13-7-5-4-6-8-13/h4-10,12,24H,3,11H2,1-2H3. The van der Waals surface area contributed by atoms with Gasteiger partial charge in [-0.1, -0.05) is 41.4 Å². The lowest BCUT2D eigenvalue weighted by atomic mass is 10.1. The average molecular weight is 457 g/mol. The molecular weight excluding hydrogens is 438 g/mol. The van der Waals surface area contributed by atoms with E-state index >= 15 is 0 Å². The van der Waals surface area contributed by atoms with Crippen molar-refractivity contribution in [1.29, 1.82) is 0 Å². The van der Waals surface area contributed by atoms with Gasteiger partial charge in [-0.25, -0.2) is 14.2 Å². The van der Waals surface area contributed by atoms with E-state index in [1.807, 2.05) is 37.3 Å². The topological polar surface area (TPSA) is 68.3 Å². The van der Waals surface area contributed by atoms with E-state index in [0.29, 0.717) is 5.75 Å². The van der Waals surface area contributed by atoms with Crippen LogP contribution in [-0.4, -0.2) is 35.1 Å². The van der Waals surface area contributed by atoms with E-state index in [0.717, 1.165) is 11.0 Å². The molecule has 1 heterocycles. The Kier molecular flexibility index (Phi) is 8.95. The van der Waals surface area contributed by atoms with E-state index < -0.39 is 22.7 Å². The third kappa shape index (κ3) is 6.73. The van der Waals surface area contributed by atoms with Crippen molar-refractivity contribution < 1.29 is 18.7 Å². The number of benzene rings is 1. The van der Waals surface area contributed by atoms with Crippen molar-refractivity contribution in [3.63, 3.8) is 0 Å². The van der Waals surface area contributed by atoms with Crippen molar-refractivity contribution >= 4 is 46.7 Å². The largest absolute Gasteiger partial charge is 0.462 e. The number of carbonyl (C=O) groups is 2. The van der Waals surface area contributed by atoms with Crippen molar-refractivity contribution in [3.05, 3.63) is 69.9 Å².